The second kappa shape index (κ2) is 8.07. The van der Waals surface area contributed by atoms with Crippen LogP contribution in [0, 0.1) is 5.92 Å². The van der Waals surface area contributed by atoms with Gasteiger partial charge in [-0.05, 0) is 48.4 Å². The van der Waals surface area contributed by atoms with Crippen molar-refractivity contribution in [1.29, 1.82) is 0 Å². The van der Waals surface area contributed by atoms with Crippen molar-refractivity contribution in [2.24, 2.45) is 5.92 Å². The molecule has 1 aromatic carbocycles. The molecule has 12 heteroatoms. The summed E-state index contributed by atoms with van der Waals surface area (Å²) in [5, 5.41) is 10.2. The van der Waals surface area contributed by atoms with Crippen molar-refractivity contribution >= 4 is 27.5 Å². The Hall–Kier alpha value is -2.89. The first-order valence-corrected chi connectivity index (χ1v) is 13.5. The summed E-state index contributed by atoms with van der Waals surface area (Å²) in [6.45, 7) is 0.456. The van der Waals surface area contributed by atoms with Gasteiger partial charge in [0.15, 0.2) is 9.84 Å². The van der Waals surface area contributed by atoms with Gasteiger partial charge in [-0.3, -0.25) is 9.59 Å². The molecular formula is C23H25F3N4O4S. The minimum Gasteiger partial charge on any atom is -0.342 e. The molecule has 0 bridgehead atoms. The smallest absolute Gasteiger partial charge is 0.342 e. The molecule has 2 aromatic rings. The first-order valence-electron chi connectivity index (χ1n) is 11.4. The summed E-state index contributed by atoms with van der Waals surface area (Å²) in [6.07, 6.45) is 0.601. The summed E-state index contributed by atoms with van der Waals surface area (Å²) < 4.78 is 64.2. The van der Waals surface area contributed by atoms with Crippen LogP contribution in [0.15, 0.2) is 18.2 Å². The summed E-state index contributed by atoms with van der Waals surface area (Å²) in [5.41, 5.74) is 0.183. The first-order chi connectivity index (χ1) is 16.3. The lowest BCUT2D eigenvalue weighted by molar-refractivity contribution is -0.137. The monoisotopic (exact) mass is 510 g/mol. The number of hydrogen-bond donors (Lipinski definition) is 2. The summed E-state index contributed by atoms with van der Waals surface area (Å²) >= 11 is 0. The van der Waals surface area contributed by atoms with E-state index in [0.717, 1.165) is 37.7 Å². The lowest BCUT2D eigenvalue weighted by Gasteiger charge is -2.35. The number of fused-ring (bicyclic) bond motifs is 3. The van der Waals surface area contributed by atoms with Gasteiger partial charge in [-0.2, -0.15) is 18.3 Å². The number of hydrogen-bond acceptors (Lipinski definition) is 5. The van der Waals surface area contributed by atoms with Gasteiger partial charge in [-0.25, -0.2) is 13.1 Å². The van der Waals surface area contributed by atoms with Crippen molar-refractivity contribution < 1.29 is 31.2 Å². The van der Waals surface area contributed by atoms with Crippen molar-refractivity contribution in [3.63, 3.8) is 0 Å². The Morgan fingerprint density at radius 3 is 2.71 bits per heavy atom. The molecule has 1 aromatic heterocycles. The Kier molecular flexibility index (Phi) is 5.50. The lowest BCUT2D eigenvalue weighted by Crippen LogP contribution is -2.50. The van der Waals surface area contributed by atoms with E-state index >= 15 is 0 Å². The molecule has 5 rings (SSSR count). The van der Waals surface area contributed by atoms with Gasteiger partial charge >= 0.3 is 6.18 Å². The first kappa shape index (κ1) is 23.8. The quantitative estimate of drug-likeness (QED) is 0.621. The summed E-state index contributed by atoms with van der Waals surface area (Å²) in [4.78, 5) is 25.7. The maximum atomic E-state index is 13.3. The molecule has 1 aliphatic heterocycles. The summed E-state index contributed by atoms with van der Waals surface area (Å²) in [7, 11) is -3.58. The number of aromatic nitrogens is 2. The number of anilines is 1. The molecule has 2 amide bonds. The molecular weight excluding hydrogens is 485 g/mol. The van der Waals surface area contributed by atoms with Crippen LogP contribution in [0.4, 0.5) is 19.0 Å². The molecule has 0 unspecified atom stereocenters. The minimum atomic E-state index is -4.45. The van der Waals surface area contributed by atoms with Crippen LogP contribution in [-0.2, 0) is 45.7 Å². The molecule has 1 saturated carbocycles. The molecule has 2 heterocycles. The highest BCUT2D eigenvalue weighted by Gasteiger charge is 2.47. The van der Waals surface area contributed by atoms with Crippen molar-refractivity contribution in [3.8, 4) is 0 Å². The molecule has 1 fully saturated rings. The van der Waals surface area contributed by atoms with Crippen LogP contribution in [0.2, 0.25) is 0 Å². The van der Waals surface area contributed by atoms with Crippen LogP contribution in [0.1, 0.15) is 58.4 Å². The topological polar surface area (TPSA) is 110 Å². The number of sulfone groups is 1. The molecule has 2 aliphatic carbocycles. The normalized spacial score (nSPS) is 21.5. The number of carbonyl (C=O) groups excluding carboxylic acids is 2. The molecule has 35 heavy (non-hydrogen) atoms. The zero-order valence-corrected chi connectivity index (χ0v) is 19.9. The molecule has 188 valence electrons. The van der Waals surface area contributed by atoms with Crippen molar-refractivity contribution in [1.82, 2.24) is 15.1 Å². The fourth-order valence-corrected chi connectivity index (χ4v) is 5.68. The number of amides is 2. The number of halogens is 3. The van der Waals surface area contributed by atoms with Gasteiger partial charge in [-0.1, -0.05) is 18.9 Å². The van der Waals surface area contributed by atoms with E-state index in [1.165, 1.54) is 6.07 Å². The number of rotatable bonds is 6. The van der Waals surface area contributed by atoms with Gasteiger partial charge in [0.2, 0.25) is 5.91 Å². The minimum absolute atomic E-state index is 0.160. The van der Waals surface area contributed by atoms with Crippen LogP contribution in [-0.4, -0.2) is 42.0 Å². The maximum absolute atomic E-state index is 13.3. The molecule has 0 saturated heterocycles. The van der Waals surface area contributed by atoms with E-state index in [9.17, 15) is 31.2 Å². The zero-order valence-electron chi connectivity index (χ0n) is 19.0. The highest BCUT2D eigenvalue weighted by molar-refractivity contribution is 7.91. The second-order valence-corrected chi connectivity index (χ2v) is 12.0. The number of alkyl halides is 3. The van der Waals surface area contributed by atoms with E-state index in [2.05, 4.69) is 15.7 Å². The third kappa shape index (κ3) is 4.67. The maximum Gasteiger partial charge on any atom is 0.416 e. The van der Waals surface area contributed by atoms with E-state index in [-0.39, 0.29) is 17.8 Å². The number of benzene rings is 1. The average Bonchev–Trinajstić information content (AvgIpc) is 3.42. The molecule has 0 radical (unpaired) electrons. The second-order valence-electron chi connectivity index (χ2n) is 9.83. The Morgan fingerprint density at radius 1 is 1.31 bits per heavy atom. The molecule has 1 atom stereocenters. The van der Waals surface area contributed by atoms with Gasteiger partial charge in [0, 0.05) is 19.2 Å². The fourth-order valence-electron chi connectivity index (χ4n) is 5.13. The number of carbonyl (C=O) groups is 2. The van der Waals surface area contributed by atoms with Crippen molar-refractivity contribution in [3.05, 3.63) is 46.1 Å². The summed E-state index contributed by atoms with van der Waals surface area (Å²) in [5.74, 6) is -1.27. The molecule has 2 N–H and O–H groups in total. The Labute approximate surface area is 200 Å². The average molecular weight is 511 g/mol. The number of nitrogens with zero attached hydrogens (tertiary/aromatic N) is 2. The molecule has 1 spiro atoms. The van der Waals surface area contributed by atoms with Crippen LogP contribution < -0.4 is 10.6 Å². The van der Waals surface area contributed by atoms with Crippen LogP contribution in [0.5, 0.6) is 0 Å². The number of aryl methyl sites for hydroxylation is 2. The highest BCUT2D eigenvalue weighted by Crippen LogP contribution is 2.45. The standard InChI is InChI=1S/C23H25F3N4O4S/c1-35(33,34)12-18(31)27-20-19-17(29-30(20)9-7-13-2-3-13)11-22(28-21(19)32)8-6-14-10-15(23(24,25)26)4-5-16(14)22/h4-5,10,13H,2-3,6-9,11-12H2,1H3,(H,27,31)(H,28,32)/t22-/m0/s1. The van der Waals surface area contributed by atoms with Gasteiger partial charge in [-0.15, -0.1) is 0 Å². The van der Waals surface area contributed by atoms with Crippen molar-refractivity contribution in [2.45, 2.75) is 56.8 Å². The fraction of sp³-hybridized carbons (Fsp3) is 0.522. The SMILES string of the molecule is CS(=O)(=O)CC(=O)Nc1c2c(nn1CCC1CC1)C[C@]1(CCc3cc(C(F)(F)F)ccc31)NC2=O. The largest absolute Gasteiger partial charge is 0.416 e. The highest BCUT2D eigenvalue weighted by atomic mass is 32.2. The van der Waals surface area contributed by atoms with Crippen molar-refractivity contribution in [2.75, 3.05) is 17.3 Å². The molecule has 8 nitrogen and oxygen atoms in total. The van der Waals surface area contributed by atoms with Crippen LogP contribution in [0.3, 0.4) is 0 Å². The van der Waals surface area contributed by atoms with E-state index in [4.69, 9.17) is 0 Å². The Bertz CT molecular complexity index is 1330. The molecule has 3 aliphatic rings. The predicted molar refractivity (Wildman–Crippen MR) is 121 cm³/mol. The van der Waals surface area contributed by atoms with Gasteiger partial charge < -0.3 is 10.6 Å². The van der Waals surface area contributed by atoms with E-state index in [0.29, 0.717) is 42.1 Å². The number of nitrogens with one attached hydrogen (secondary N) is 2. The zero-order chi connectivity index (χ0) is 25.2. The Morgan fingerprint density at radius 2 is 2.06 bits per heavy atom. The van der Waals surface area contributed by atoms with Gasteiger partial charge in [0.25, 0.3) is 5.91 Å². The third-order valence-electron chi connectivity index (χ3n) is 6.94. The lowest BCUT2D eigenvalue weighted by atomic mass is 9.82. The Balaban J connectivity index is 1.49. The van der Waals surface area contributed by atoms with E-state index in [1.807, 2.05) is 0 Å². The van der Waals surface area contributed by atoms with E-state index in [1.54, 1.807) is 4.68 Å². The predicted octanol–water partition coefficient (Wildman–Crippen LogP) is 2.81. The summed E-state index contributed by atoms with van der Waals surface area (Å²) in [6, 6.07) is 3.59. The van der Waals surface area contributed by atoms with Gasteiger partial charge in [0.1, 0.15) is 17.1 Å². The van der Waals surface area contributed by atoms with Crippen LogP contribution in [0.25, 0.3) is 0 Å². The van der Waals surface area contributed by atoms with E-state index < -0.39 is 44.7 Å². The van der Waals surface area contributed by atoms with Crippen LogP contribution >= 0.6 is 0 Å². The third-order valence-corrected chi connectivity index (χ3v) is 7.73. The van der Waals surface area contributed by atoms with Gasteiger partial charge in [0.05, 0.1) is 16.8 Å².